The number of hydrogen-bond donors (Lipinski definition) is 2. The Hall–Kier alpha value is -1.93. The Morgan fingerprint density at radius 2 is 2.23 bits per heavy atom. The fraction of sp³-hybridized carbons (Fsp3) is 0.286. The molecule has 6 nitrogen and oxygen atoms in total. The lowest BCUT2D eigenvalue weighted by molar-refractivity contribution is -0.115. The number of para-hydroxylation sites is 2. The molecule has 1 aromatic carbocycles. The number of H-pyrrole nitrogens is 1. The molecule has 2 aromatic heterocycles. The summed E-state index contributed by atoms with van der Waals surface area (Å²) >= 11 is 2.79. The minimum Gasteiger partial charge on any atom is -0.333 e. The van der Waals surface area contributed by atoms with Crippen LogP contribution in [0.4, 0.5) is 5.13 Å². The Morgan fingerprint density at radius 1 is 1.41 bits per heavy atom. The smallest absolute Gasteiger partial charge is 0.239 e. The summed E-state index contributed by atoms with van der Waals surface area (Å²) in [6.07, 6.45) is 0.700. The first-order valence-corrected chi connectivity index (χ1v) is 8.57. The number of carbonyl (C=O) groups excluding carboxylic acids is 1. The first kappa shape index (κ1) is 15.0. The van der Waals surface area contributed by atoms with Crippen molar-refractivity contribution in [3.05, 3.63) is 29.3 Å². The van der Waals surface area contributed by atoms with Gasteiger partial charge in [0.25, 0.3) is 0 Å². The van der Waals surface area contributed by atoms with Crippen LogP contribution in [0.5, 0.6) is 0 Å². The topological polar surface area (TPSA) is 83.6 Å². The van der Waals surface area contributed by atoms with Crippen molar-refractivity contribution in [2.75, 3.05) is 5.32 Å². The van der Waals surface area contributed by atoms with Gasteiger partial charge in [0.2, 0.25) is 11.0 Å². The number of aromatic amines is 1. The van der Waals surface area contributed by atoms with Gasteiger partial charge in [0.15, 0.2) is 5.16 Å². The number of thioether (sulfide) groups is 1. The number of aromatic nitrogens is 4. The predicted octanol–water partition coefficient (Wildman–Crippen LogP) is 3.23. The second-order valence-electron chi connectivity index (χ2n) is 4.69. The first-order chi connectivity index (χ1) is 10.7. The fourth-order valence-corrected chi connectivity index (χ4v) is 3.49. The molecule has 2 heterocycles. The summed E-state index contributed by atoms with van der Waals surface area (Å²) in [6.45, 7) is 3.83. The van der Waals surface area contributed by atoms with Crippen molar-refractivity contribution >= 4 is 45.2 Å². The zero-order valence-electron chi connectivity index (χ0n) is 12.2. The van der Waals surface area contributed by atoms with Gasteiger partial charge < -0.3 is 4.98 Å². The van der Waals surface area contributed by atoms with Gasteiger partial charge in [-0.2, -0.15) is 0 Å². The minimum absolute atomic E-state index is 0.0795. The van der Waals surface area contributed by atoms with E-state index < -0.39 is 0 Å². The van der Waals surface area contributed by atoms with E-state index in [2.05, 4.69) is 25.5 Å². The van der Waals surface area contributed by atoms with Crippen LogP contribution in [0.1, 0.15) is 18.4 Å². The Kier molecular flexibility index (Phi) is 4.39. The summed E-state index contributed by atoms with van der Waals surface area (Å²) in [5.41, 5.74) is 1.88. The van der Waals surface area contributed by atoms with Crippen LogP contribution in [0.25, 0.3) is 11.0 Å². The number of carbonyl (C=O) groups is 1. The van der Waals surface area contributed by atoms with Gasteiger partial charge in [-0.25, -0.2) is 4.98 Å². The van der Waals surface area contributed by atoms with Crippen LogP contribution in [-0.4, -0.2) is 31.3 Å². The van der Waals surface area contributed by atoms with E-state index in [1.54, 1.807) is 0 Å². The molecule has 0 bridgehead atoms. The third-order valence-electron chi connectivity index (χ3n) is 3.04. The molecular weight excluding hydrogens is 318 g/mol. The number of hydrogen-bond acceptors (Lipinski definition) is 6. The number of anilines is 1. The largest absolute Gasteiger partial charge is 0.333 e. The van der Waals surface area contributed by atoms with Crippen molar-refractivity contribution in [2.45, 2.75) is 30.7 Å². The Bertz CT molecular complexity index is 764. The number of rotatable bonds is 5. The zero-order chi connectivity index (χ0) is 15.5. The molecule has 1 amide bonds. The number of amides is 1. The molecule has 0 aliphatic carbocycles. The molecule has 8 heteroatoms. The lowest BCUT2D eigenvalue weighted by atomic mass is 10.3. The first-order valence-electron chi connectivity index (χ1n) is 6.88. The molecule has 0 spiro atoms. The molecule has 1 unspecified atom stereocenters. The van der Waals surface area contributed by atoms with Crippen molar-refractivity contribution in [3.63, 3.8) is 0 Å². The highest BCUT2D eigenvalue weighted by Gasteiger charge is 2.21. The average molecular weight is 333 g/mol. The monoisotopic (exact) mass is 333 g/mol. The quantitative estimate of drug-likeness (QED) is 0.700. The number of imidazole rings is 1. The van der Waals surface area contributed by atoms with Crippen molar-refractivity contribution in [3.8, 4) is 0 Å². The maximum atomic E-state index is 12.3. The second kappa shape index (κ2) is 6.45. The summed E-state index contributed by atoms with van der Waals surface area (Å²) in [6, 6.07) is 7.81. The van der Waals surface area contributed by atoms with Crippen molar-refractivity contribution in [1.82, 2.24) is 20.2 Å². The van der Waals surface area contributed by atoms with Crippen molar-refractivity contribution < 1.29 is 4.79 Å². The molecule has 0 saturated heterocycles. The van der Waals surface area contributed by atoms with E-state index in [9.17, 15) is 4.79 Å². The highest BCUT2D eigenvalue weighted by molar-refractivity contribution is 8.00. The van der Waals surface area contributed by atoms with Gasteiger partial charge >= 0.3 is 0 Å². The van der Waals surface area contributed by atoms with Crippen LogP contribution in [0.15, 0.2) is 29.4 Å². The SMILES string of the molecule is CCC(Sc1nc2ccccc2[nH]1)C(=O)Nc1nnc(C)s1. The van der Waals surface area contributed by atoms with Gasteiger partial charge in [-0.1, -0.05) is 42.2 Å². The van der Waals surface area contributed by atoms with E-state index in [1.807, 2.05) is 38.1 Å². The van der Waals surface area contributed by atoms with Gasteiger partial charge in [-0.3, -0.25) is 10.1 Å². The summed E-state index contributed by atoms with van der Waals surface area (Å²) in [7, 11) is 0. The predicted molar refractivity (Wildman–Crippen MR) is 89.3 cm³/mol. The molecular formula is C14H15N5OS2. The second-order valence-corrected chi connectivity index (χ2v) is 7.06. The highest BCUT2D eigenvalue weighted by atomic mass is 32.2. The molecule has 0 aliphatic rings. The Labute approximate surface area is 135 Å². The highest BCUT2D eigenvalue weighted by Crippen LogP contribution is 2.26. The van der Waals surface area contributed by atoms with Crippen LogP contribution >= 0.6 is 23.1 Å². The number of fused-ring (bicyclic) bond motifs is 1. The number of nitrogens with one attached hydrogen (secondary N) is 2. The molecule has 0 aliphatic heterocycles. The lowest BCUT2D eigenvalue weighted by Crippen LogP contribution is -2.24. The number of benzene rings is 1. The van der Waals surface area contributed by atoms with E-state index in [4.69, 9.17) is 0 Å². The van der Waals surface area contributed by atoms with Gasteiger partial charge in [0, 0.05) is 0 Å². The van der Waals surface area contributed by atoms with Crippen LogP contribution in [-0.2, 0) is 4.79 Å². The van der Waals surface area contributed by atoms with Crippen LogP contribution in [0.3, 0.4) is 0 Å². The number of nitrogens with zero attached hydrogens (tertiary/aromatic N) is 3. The lowest BCUT2D eigenvalue weighted by Gasteiger charge is -2.11. The fourth-order valence-electron chi connectivity index (χ4n) is 1.98. The van der Waals surface area contributed by atoms with Gasteiger partial charge in [0.05, 0.1) is 16.3 Å². The van der Waals surface area contributed by atoms with Gasteiger partial charge in [-0.05, 0) is 25.5 Å². The summed E-state index contributed by atoms with van der Waals surface area (Å²) in [4.78, 5) is 20.1. The minimum atomic E-state index is -0.232. The van der Waals surface area contributed by atoms with Crippen LogP contribution < -0.4 is 5.32 Å². The maximum absolute atomic E-state index is 12.3. The number of aryl methyl sites for hydroxylation is 1. The van der Waals surface area contributed by atoms with Gasteiger partial charge in [0.1, 0.15) is 5.01 Å². The van der Waals surface area contributed by atoms with Crippen molar-refractivity contribution in [1.29, 1.82) is 0 Å². The molecule has 22 heavy (non-hydrogen) atoms. The van der Waals surface area contributed by atoms with E-state index in [0.717, 1.165) is 21.2 Å². The van der Waals surface area contributed by atoms with E-state index in [-0.39, 0.29) is 11.2 Å². The Morgan fingerprint density at radius 3 is 2.91 bits per heavy atom. The zero-order valence-corrected chi connectivity index (χ0v) is 13.8. The molecule has 3 aromatic rings. The maximum Gasteiger partial charge on any atom is 0.239 e. The Balaban J connectivity index is 1.71. The standard InChI is InChI=1S/C14H15N5OS2/c1-3-11(12(20)17-14-19-18-8(2)21-14)22-13-15-9-6-4-5-7-10(9)16-13/h4-7,11H,3H2,1-2H3,(H,15,16)(H,17,19,20). The normalized spacial score (nSPS) is 12.5. The summed E-state index contributed by atoms with van der Waals surface area (Å²) < 4.78 is 0. The van der Waals surface area contributed by atoms with E-state index in [1.165, 1.54) is 23.1 Å². The molecule has 3 rings (SSSR count). The molecule has 2 N–H and O–H groups in total. The summed E-state index contributed by atoms with van der Waals surface area (Å²) in [5.74, 6) is -0.0795. The van der Waals surface area contributed by atoms with Crippen LogP contribution in [0, 0.1) is 6.92 Å². The third-order valence-corrected chi connectivity index (χ3v) is 5.04. The molecule has 114 valence electrons. The van der Waals surface area contributed by atoms with E-state index in [0.29, 0.717) is 11.6 Å². The van der Waals surface area contributed by atoms with Crippen LogP contribution in [0.2, 0.25) is 0 Å². The molecule has 0 fully saturated rings. The summed E-state index contributed by atoms with van der Waals surface area (Å²) in [5, 5.41) is 12.5. The van der Waals surface area contributed by atoms with E-state index >= 15 is 0 Å². The third kappa shape index (κ3) is 3.28. The average Bonchev–Trinajstić information content (AvgIpc) is 3.10. The van der Waals surface area contributed by atoms with Gasteiger partial charge in [-0.15, -0.1) is 10.2 Å². The molecule has 0 radical (unpaired) electrons. The molecule has 0 saturated carbocycles. The molecule has 1 atom stereocenters. The van der Waals surface area contributed by atoms with Crippen molar-refractivity contribution in [2.24, 2.45) is 0 Å².